The molecule has 2 rings (SSSR count). The van der Waals surface area contributed by atoms with E-state index >= 15 is 0 Å². The molecule has 0 aliphatic rings. The van der Waals surface area contributed by atoms with Gasteiger partial charge in [0.2, 0.25) is 23.6 Å². The molecular weight excluding hydrogens is 510 g/mol. The number of aliphatic hydroxyl groups is 1. The smallest absolute Gasteiger partial charge is 0.328 e. The van der Waals surface area contributed by atoms with Gasteiger partial charge in [-0.2, -0.15) is 0 Å². The molecule has 0 saturated heterocycles. The molecule has 0 aliphatic carbocycles. The normalized spacial score (nSPS) is 13.8. The standard InChI is InChI=1S/C26H33N5O8/c27-18(12-16-6-8-17(33)9-7-16)23(35)29-19(10-11-22(28)34)24(36)30-20(13-15-4-2-1-3-5-15)25(37)31-21(14-32)26(38)39/h1-9,18-21,32-33H,10-14,27H2,(H2,28,34)(H,29,35)(H,30,36)(H,31,37)(H,38,39). The minimum atomic E-state index is -1.60. The molecular formula is C26H33N5O8. The van der Waals surface area contributed by atoms with Gasteiger partial charge >= 0.3 is 5.97 Å². The minimum Gasteiger partial charge on any atom is -0.508 e. The number of carboxylic acids is 1. The summed E-state index contributed by atoms with van der Waals surface area (Å²) in [6.45, 7) is -0.872. The van der Waals surface area contributed by atoms with E-state index in [0.29, 0.717) is 11.1 Å². The molecule has 210 valence electrons. The van der Waals surface area contributed by atoms with Crippen LogP contribution >= 0.6 is 0 Å². The van der Waals surface area contributed by atoms with Crippen LogP contribution < -0.4 is 27.4 Å². The Morgan fingerprint density at radius 3 is 1.85 bits per heavy atom. The van der Waals surface area contributed by atoms with Gasteiger partial charge in [-0.1, -0.05) is 42.5 Å². The van der Waals surface area contributed by atoms with E-state index in [-0.39, 0.29) is 31.4 Å². The number of hydrogen-bond acceptors (Lipinski definition) is 8. The molecule has 13 heteroatoms. The first-order chi connectivity index (χ1) is 18.5. The highest BCUT2D eigenvalue weighted by atomic mass is 16.4. The van der Waals surface area contributed by atoms with Crippen molar-refractivity contribution in [3.05, 3.63) is 65.7 Å². The molecule has 0 fully saturated rings. The third-order valence-electron chi connectivity index (χ3n) is 5.75. The maximum absolute atomic E-state index is 13.2. The van der Waals surface area contributed by atoms with E-state index in [4.69, 9.17) is 11.5 Å². The fourth-order valence-electron chi connectivity index (χ4n) is 3.60. The number of amides is 4. The molecule has 0 aromatic heterocycles. The van der Waals surface area contributed by atoms with Crippen molar-refractivity contribution in [2.45, 2.75) is 49.9 Å². The number of carbonyl (C=O) groups is 5. The van der Waals surface area contributed by atoms with E-state index in [1.165, 1.54) is 12.1 Å². The maximum atomic E-state index is 13.2. The third-order valence-corrected chi connectivity index (χ3v) is 5.75. The zero-order valence-corrected chi connectivity index (χ0v) is 21.1. The summed E-state index contributed by atoms with van der Waals surface area (Å²) in [4.78, 5) is 61.6. The number of phenolic OH excluding ortho intramolecular Hbond substituents is 1. The summed E-state index contributed by atoms with van der Waals surface area (Å²) in [7, 11) is 0. The number of aliphatic hydroxyl groups excluding tert-OH is 1. The summed E-state index contributed by atoms with van der Waals surface area (Å²) in [5.41, 5.74) is 12.5. The Morgan fingerprint density at radius 2 is 1.28 bits per heavy atom. The van der Waals surface area contributed by atoms with Gasteiger partial charge in [-0.05, 0) is 36.1 Å². The van der Waals surface area contributed by atoms with Crippen LogP contribution in [0.3, 0.4) is 0 Å². The number of carboxylic acid groups (broad SMARTS) is 1. The second kappa shape index (κ2) is 15.1. The van der Waals surface area contributed by atoms with Crippen LogP contribution in [0.1, 0.15) is 24.0 Å². The Balaban J connectivity index is 2.19. The van der Waals surface area contributed by atoms with E-state index in [2.05, 4.69) is 16.0 Å². The highest BCUT2D eigenvalue weighted by molar-refractivity contribution is 5.94. The lowest BCUT2D eigenvalue weighted by Gasteiger charge is -2.25. The number of carbonyl (C=O) groups excluding carboxylic acids is 4. The molecule has 13 nitrogen and oxygen atoms in total. The number of benzene rings is 2. The zero-order valence-electron chi connectivity index (χ0n) is 21.1. The summed E-state index contributed by atoms with van der Waals surface area (Å²) in [6, 6.07) is 9.35. The molecule has 4 atom stereocenters. The van der Waals surface area contributed by atoms with E-state index in [9.17, 15) is 39.3 Å². The van der Waals surface area contributed by atoms with Gasteiger partial charge in [0.1, 0.15) is 23.9 Å². The largest absolute Gasteiger partial charge is 0.508 e. The van der Waals surface area contributed by atoms with Crippen molar-refractivity contribution in [1.29, 1.82) is 0 Å². The number of phenols is 1. The minimum absolute atomic E-state index is 0.0347. The van der Waals surface area contributed by atoms with Gasteiger partial charge in [0, 0.05) is 12.8 Å². The van der Waals surface area contributed by atoms with Crippen molar-refractivity contribution < 1.29 is 39.3 Å². The first-order valence-electron chi connectivity index (χ1n) is 12.1. The molecule has 2 aromatic rings. The lowest BCUT2D eigenvalue weighted by Crippen LogP contribution is -2.58. The molecule has 0 heterocycles. The fraction of sp³-hybridized carbons (Fsp3) is 0.346. The Morgan fingerprint density at radius 1 is 0.744 bits per heavy atom. The fourth-order valence-corrected chi connectivity index (χ4v) is 3.60. The molecule has 0 radical (unpaired) electrons. The van der Waals surface area contributed by atoms with Crippen LogP contribution in [0.5, 0.6) is 5.75 Å². The van der Waals surface area contributed by atoms with Gasteiger partial charge < -0.3 is 42.7 Å². The second-order valence-electron chi connectivity index (χ2n) is 8.88. The number of aliphatic carboxylic acids is 1. The van der Waals surface area contributed by atoms with Gasteiger partial charge in [0.05, 0.1) is 12.6 Å². The van der Waals surface area contributed by atoms with Crippen LogP contribution in [0.15, 0.2) is 54.6 Å². The third kappa shape index (κ3) is 10.4. The van der Waals surface area contributed by atoms with Gasteiger partial charge in [0.15, 0.2) is 0 Å². The summed E-state index contributed by atoms with van der Waals surface area (Å²) >= 11 is 0. The molecule has 4 unspecified atom stereocenters. The lowest BCUT2D eigenvalue weighted by molar-refractivity contribution is -0.143. The molecule has 39 heavy (non-hydrogen) atoms. The number of hydrogen-bond donors (Lipinski definition) is 8. The van der Waals surface area contributed by atoms with Crippen molar-refractivity contribution in [3.8, 4) is 5.75 Å². The van der Waals surface area contributed by atoms with E-state index in [0.717, 1.165) is 0 Å². The molecule has 0 spiro atoms. The van der Waals surface area contributed by atoms with Crippen LogP contribution in [-0.4, -0.2) is 75.7 Å². The van der Waals surface area contributed by atoms with Gasteiger partial charge in [-0.25, -0.2) is 4.79 Å². The quantitative estimate of drug-likeness (QED) is 0.128. The van der Waals surface area contributed by atoms with Crippen molar-refractivity contribution in [2.24, 2.45) is 11.5 Å². The van der Waals surface area contributed by atoms with Crippen molar-refractivity contribution in [3.63, 3.8) is 0 Å². The highest BCUT2D eigenvalue weighted by Crippen LogP contribution is 2.11. The summed E-state index contributed by atoms with van der Waals surface area (Å²) in [5, 5.41) is 35.0. The number of primary amides is 1. The van der Waals surface area contributed by atoms with Crippen LogP contribution in [0.25, 0.3) is 0 Å². The zero-order chi connectivity index (χ0) is 28.9. The first kappa shape index (κ1) is 30.7. The Labute approximate surface area is 224 Å². The highest BCUT2D eigenvalue weighted by Gasteiger charge is 2.30. The summed E-state index contributed by atoms with van der Waals surface area (Å²) in [5.74, 6) is -4.55. The molecule has 2 aromatic carbocycles. The maximum Gasteiger partial charge on any atom is 0.328 e. The van der Waals surface area contributed by atoms with Crippen LogP contribution in [0.4, 0.5) is 0 Å². The van der Waals surface area contributed by atoms with Crippen molar-refractivity contribution in [2.75, 3.05) is 6.61 Å². The first-order valence-corrected chi connectivity index (χ1v) is 12.1. The summed E-state index contributed by atoms with van der Waals surface area (Å²) < 4.78 is 0. The Bertz CT molecular complexity index is 1140. The Kier molecular flexibility index (Phi) is 11.9. The number of aromatic hydroxyl groups is 1. The number of rotatable bonds is 15. The van der Waals surface area contributed by atoms with Crippen LogP contribution in [0, 0.1) is 0 Å². The molecule has 0 bridgehead atoms. The van der Waals surface area contributed by atoms with Crippen molar-refractivity contribution >= 4 is 29.6 Å². The van der Waals surface area contributed by atoms with E-state index in [1.54, 1.807) is 42.5 Å². The molecule has 4 amide bonds. The van der Waals surface area contributed by atoms with Crippen LogP contribution in [0.2, 0.25) is 0 Å². The van der Waals surface area contributed by atoms with E-state index < -0.39 is 60.4 Å². The monoisotopic (exact) mass is 543 g/mol. The molecule has 0 saturated carbocycles. The van der Waals surface area contributed by atoms with Gasteiger partial charge in [-0.15, -0.1) is 0 Å². The SMILES string of the molecule is NC(=O)CCC(NC(=O)C(N)Cc1ccc(O)cc1)C(=O)NC(Cc1ccccc1)C(=O)NC(CO)C(=O)O. The van der Waals surface area contributed by atoms with Gasteiger partial charge in [0.25, 0.3) is 0 Å². The predicted octanol–water partition coefficient (Wildman–Crippen LogP) is -1.70. The molecule has 0 aliphatic heterocycles. The predicted molar refractivity (Wildman–Crippen MR) is 139 cm³/mol. The number of nitrogens with two attached hydrogens (primary N) is 2. The van der Waals surface area contributed by atoms with Gasteiger partial charge in [-0.3, -0.25) is 19.2 Å². The average molecular weight is 544 g/mol. The number of nitrogens with one attached hydrogen (secondary N) is 3. The van der Waals surface area contributed by atoms with Crippen molar-refractivity contribution in [1.82, 2.24) is 16.0 Å². The van der Waals surface area contributed by atoms with Crippen LogP contribution in [-0.2, 0) is 36.8 Å². The average Bonchev–Trinajstić information content (AvgIpc) is 2.90. The molecule has 10 N–H and O–H groups in total. The lowest BCUT2D eigenvalue weighted by atomic mass is 10.0. The van der Waals surface area contributed by atoms with E-state index in [1.807, 2.05) is 0 Å². The Hall–Kier alpha value is -4.49. The topological polar surface area (TPSA) is 234 Å². The summed E-state index contributed by atoms with van der Waals surface area (Å²) in [6.07, 6.45) is -0.389. The second-order valence-corrected chi connectivity index (χ2v) is 8.88.